The second-order valence-corrected chi connectivity index (χ2v) is 6.93. The largest absolute Gasteiger partial charge is 0.465 e. The zero-order valence-electron chi connectivity index (χ0n) is 16.6. The van der Waals surface area contributed by atoms with Crippen molar-refractivity contribution in [1.29, 1.82) is 0 Å². The lowest BCUT2D eigenvalue weighted by Gasteiger charge is -2.33. The zero-order valence-corrected chi connectivity index (χ0v) is 16.6. The summed E-state index contributed by atoms with van der Waals surface area (Å²) in [6, 6.07) is 28.4. The van der Waals surface area contributed by atoms with Crippen LogP contribution in [0.2, 0.25) is 0 Å². The van der Waals surface area contributed by atoms with Gasteiger partial charge in [0.05, 0.1) is 6.61 Å². The molecule has 2 atom stereocenters. The minimum atomic E-state index is -0.998. The minimum absolute atomic E-state index is 0.265. The molecular formula is C25H27NO3. The highest BCUT2D eigenvalue weighted by Crippen LogP contribution is 2.25. The number of carbonyl (C=O) groups excluding carboxylic acids is 1. The fourth-order valence-electron chi connectivity index (χ4n) is 3.43. The molecule has 3 rings (SSSR count). The van der Waals surface area contributed by atoms with Crippen molar-refractivity contribution in [3.05, 3.63) is 108 Å². The Kier molecular flexibility index (Phi) is 7.56. The summed E-state index contributed by atoms with van der Waals surface area (Å²) in [6.07, 6.45) is -0.998. The molecular weight excluding hydrogens is 362 g/mol. The van der Waals surface area contributed by atoms with E-state index in [0.717, 1.165) is 11.1 Å². The SMILES string of the molecule is CCOC(=O)[C@H]([C@H](O)c1ccccc1)N(Cc1ccccc1)Cc1ccccc1. The molecule has 0 bridgehead atoms. The van der Waals surface area contributed by atoms with Crippen molar-refractivity contribution < 1.29 is 14.6 Å². The van der Waals surface area contributed by atoms with Crippen LogP contribution in [0.3, 0.4) is 0 Å². The molecule has 4 heteroatoms. The normalized spacial score (nSPS) is 13.1. The lowest BCUT2D eigenvalue weighted by Crippen LogP contribution is -2.45. The molecule has 4 nitrogen and oxygen atoms in total. The van der Waals surface area contributed by atoms with Crippen LogP contribution in [-0.2, 0) is 22.6 Å². The smallest absolute Gasteiger partial charge is 0.326 e. The van der Waals surface area contributed by atoms with Crippen LogP contribution < -0.4 is 0 Å². The van der Waals surface area contributed by atoms with Crippen molar-refractivity contribution in [2.24, 2.45) is 0 Å². The van der Waals surface area contributed by atoms with Gasteiger partial charge in [-0.15, -0.1) is 0 Å². The number of aliphatic hydroxyl groups excluding tert-OH is 1. The Hall–Kier alpha value is -2.95. The molecule has 0 radical (unpaired) electrons. The minimum Gasteiger partial charge on any atom is -0.465 e. The molecule has 0 saturated carbocycles. The van der Waals surface area contributed by atoms with Gasteiger partial charge in [0.1, 0.15) is 12.1 Å². The zero-order chi connectivity index (χ0) is 20.5. The van der Waals surface area contributed by atoms with E-state index in [-0.39, 0.29) is 6.61 Å². The maximum atomic E-state index is 13.0. The van der Waals surface area contributed by atoms with Crippen LogP contribution in [0.1, 0.15) is 29.7 Å². The van der Waals surface area contributed by atoms with Gasteiger partial charge in [0.15, 0.2) is 0 Å². The van der Waals surface area contributed by atoms with Crippen molar-refractivity contribution in [2.75, 3.05) is 6.61 Å². The second-order valence-electron chi connectivity index (χ2n) is 6.93. The molecule has 3 aromatic carbocycles. The molecule has 0 aliphatic heterocycles. The maximum Gasteiger partial charge on any atom is 0.326 e. The second kappa shape index (κ2) is 10.6. The third-order valence-electron chi connectivity index (χ3n) is 4.82. The third kappa shape index (κ3) is 5.76. The molecule has 0 unspecified atom stereocenters. The fraction of sp³-hybridized carbons (Fsp3) is 0.240. The van der Waals surface area contributed by atoms with Gasteiger partial charge in [-0.3, -0.25) is 9.69 Å². The number of carbonyl (C=O) groups is 1. The van der Waals surface area contributed by atoms with E-state index in [1.54, 1.807) is 6.92 Å². The van der Waals surface area contributed by atoms with E-state index < -0.39 is 18.1 Å². The highest BCUT2D eigenvalue weighted by molar-refractivity contribution is 5.77. The summed E-state index contributed by atoms with van der Waals surface area (Å²) in [4.78, 5) is 14.9. The van der Waals surface area contributed by atoms with Crippen LogP contribution in [0.4, 0.5) is 0 Å². The van der Waals surface area contributed by atoms with Crippen molar-refractivity contribution in [2.45, 2.75) is 32.2 Å². The Labute approximate surface area is 172 Å². The lowest BCUT2D eigenvalue weighted by molar-refractivity contribution is -0.155. The molecule has 0 saturated heterocycles. The molecule has 1 N–H and O–H groups in total. The Morgan fingerprint density at radius 3 is 1.72 bits per heavy atom. The van der Waals surface area contributed by atoms with E-state index in [9.17, 15) is 9.90 Å². The Morgan fingerprint density at radius 2 is 1.28 bits per heavy atom. The molecule has 0 heterocycles. The highest BCUT2D eigenvalue weighted by atomic mass is 16.5. The standard InChI is InChI=1S/C25H27NO3/c1-2-29-25(28)23(24(27)22-16-10-5-11-17-22)26(18-20-12-6-3-7-13-20)19-21-14-8-4-9-15-21/h3-17,23-24,27H,2,18-19H2,1H3/t23-,24+/m0/s1. The fourth-order valence-corrected chi connectivity index (χ4v) is 3.43. The van der Waals surface area contributed by atoms with E-state index in [1.807, 2.05) is 95.9 Å². The van der Waals surface area contributed by atoms with Crippen molar-refractivity contribution in [3.63, 3.8) is 0 Å². The summed E-state index contributed by atoms with van der Waals surface area (Å²) in [5.41, 5.74) is 2.83. The molecule has 0 aliphatic rings. The topological polar surface area (TPSA) is 49.8 Å². The first-order valence-electron chi connectivity index (χ1n) is 9.90. The number of hydrogen-bond acceptors (Lipinski definition) is 4. The summed E-state index contributed by atoms with van der Waals surface area (Å²) < 4.78 is 5.36. The summed E-state index contributed by atoms with van der Waals surface area (Å²) in [5.74, 6) is -0.421. The average Bonchev–Trinajstić information content (AvgIpc) is 2.76. The van der Waals surface area contributed by atoms with E-state index in [2.05, 4.69) is 0 Å². The summed E-state index contributed by atoms with van der Waals surface area (Å²) in [7, 11) is 0. The van der Waals surface area contributed by atoms with Crippen molar-refractivity contribution >= 4 is 5.97 Å². The first-order valence-corrected chi connectivity index (χ1v) is 9.90. The van der Waals surface area contributed by atoms with Gasteiger partial charge in [0.25, 0.3) is 0 Å². The molecule has 150 valence electrons. The van der Waals surface area contributed by atoms with Gasteiger partial charge in [-0.2, -0.15) is 0 Å². The monoisotopic (exact) mass is 389 g/mol. The first kappa shape index (κ1) is 20.8. The predicted molar refractivity (Wildman–Crippen MR) is 114 cm³/mol. The average molecular weight is 389 g/mol. The van der Waals surface area contributed by atoms with Crippen LogP contribution in [0.5, 0.6) is 0 Å². The molecule has 3 aromatic rings. The van der Waals surface area contributed by atoms with Crippen molar-refractivity contribution in [3.8, 4) is 0 Å². The first-order chi connectivity index (χ1) is 14.2. The molecule has 29 heavy (non-hydrogen) atoms. The molecule has 0 fully saturated rings. The summed E-state index contributed by atoms with van der Waals surface area (Å²) in [5, 5.41) is 11.2. The quantitative estimate of drug-likeness (QED) is 0.553. The van der Waals surface area contributed by atoms with Crippen molar-refractivity contribution in [1.82, 2.24) is 4.90 Å². The Bertz CT molecular complexity index is 827. The summed E-state index contributed by atoms with van der Waals surface area (Å²) in [6.45, 7) is 3.08. The lowest BCUT2D eigenvalue weighted by atomic mass is 9.99. The van der Waals surface area contributed by atoms with E-state index in [1.165, 1.54) is 0 Å². The number of benzene rings is 3. The molecule has 0 aliphatic carbocycles. The number of ether oxygens (including phenoxy) is 1. The van der Waals surface area contributed by atoms with Gasteiger partial charge in [0, 0.05) is 13.1 Å². The number of aliphatic hydroxyl groups is 1. The maximum absolute atomic E-state index is 13.0. The van der Waals surface area contributed by atoms with Crippen LogP contribution in [0.25, 0.3) is 0 Å². The van der Waals surface area contributed by atoms with Gasteiger partial charge < -0.3 is 9.84 Å². The van der Waals surface area contributed by atoms with Gasteiger partial charge in [-0.1, -0.05) is 91.0 Å². The number of esters is 1. The van der Waals surface area contributed by atoms with Crippen LogP contribution in [0, 0.1) is 0 Å². The third-order valence-corrected chi connectivity index (χ3v) is 4.82. The van der Waals surface area contributed by atoms with Gasteiger partial charge in [-0.05, 0) is 23.6 Å². The Balaban J connectivity index is 1.96. The molecule has 0 spiro atoms. The summed E-state index contributed by atoms with van der Waals surface area (Å²) >= 11 is 0. The van der Waals surface area contributed by atoms with Gasteiger partial charge in [0.2, 0.25) is 0 Å². The number of hydrogen-bond donors (Lipinski definition) is 1. The highest BCUT2D eigenvalue weighted by Gasteiger charge is 2.35. The van der Waals surface area contributed by atoms with E-state index in [4.69, 9.17) is 4.74 Å². The van der Waals surface area contributed by atoms with Crippen LogP contribution >= 0.6 is 0 Å². The van der Waals surface area contributed by atoms with Crippen LogP contribution in [-0.4, -0.2) is 28.6 Å². The van der Waals surface area contributed by atoms with Crippen LogP contribution in [0.15, 0.2) is 91.0 Å². The Morgan fingerprint density at radius 1 is 0.828 bits per heavy atom. The van der Waals surface area contributed by atoms with E-state index in [0.29, 0.717) is 18.7 Å². The molecule has 0 amide bonds. The predicted octanol–water partition coefficient (Wildman–Crippen LogP) is 4.35. The number of rotatable bonds is 9. The molecule has 0 aromatic heterocycles. The van der Waals surface area contributed by atoms with Gasteiger partial charge in [-0.25, -0.2) is 0 Å². The van der Waals surface area contributed by atoms with Gasteiger partial charge >= 0.3 is 5.97 Å². The van der Waals surface area contributed by atoms with E-state index >= 15 is 0 Å². The number of nitrogens with zero attached hydrogens (tertiary/aromatic N) is 1.